The number of ether oxygens (including phenoxy) is 1. The molecule has 1 aromatic heterocycles. The van der Waals surface area contributed by atoms with Crippen molar-refractivity contribution in [3.63, 3.8) is 0 Å². The Morgan fingerprint density at radius 1 is 1.42 bits per heavy atom. The zero-order valence-electron chi connectivity index (χ0n) is 10.5. The fraction of sp³-hybridized carbons (Fsp3) is 0.231. The number of nitrogens with one attached hydrogen (secondary N) is 1. The van der Waals surface area contributed by atoms with E-state index in [9.17, 15) is 9.18 Å². The van der Waals surface area contributed by atoms with Crippen LogP contribution in [-0.2, 0) is 4.79 Å². The highest BCUT2D eigenvalue weighted by Crippen LogP contribution is 2.16. The standard InChI is InChI=1S/C13H13FN2O2S/c1-8-7-19-13(15-8)16-12(17)9(2)18-11-5-3-10(14)4-6-11/h3-7,9H,1-2H3,(H,15,16,17). The molecule has 0 saturated carbocycles. The number of carbonyl (C=O) groups excluding carboxylic acids is 1. The maximum atomic E-state index is 12.7. The Bertz CT molecular complexity index is 568. The number of carbonyl (C=O) groups is 1. The van der Waals surface area contributed by atoms with Crippen molar-refractivity contribution in [2.45, 2.75) is 20.0 Å². The highest BCUT2D eigenvalue weighted by Gasteiger charge is 2.16. The molecule has 0 bridgehead atoms. The maximum Gasteiger partial charge on any atom is 0.266 e. The molecule has 1 N–H and O–H groups in total. The molecule has 0 spiro atoms. The summed E-state index contributed by atoms with van der Waals surface area (Å²) in [4.78, 5) is 16.0. The lowest BCUT2D eigenvalue weighted by molar-refractivity contribution is -0.122. The first-order chi connectivity index (χ1) is 9.04. The van der Waals surface area contributed by atoms with Gasteiger partial charge in [-0.2, -0.15) is 0 Å². The summed E-state index contributed by atoms with van der Waals surface area (Å²) in [5, 5.41) is 5.05. The summed E-state index contributed by atoms with van der Waals surface area (Å²) in [5.74, 6) is -0.194. The van der Waals surface area contributed by atoms with Gasteiger partial charge in [-0.15, -0.1) is 11.3 Å². The fourth-order valence-electron chi connectivity index (χ4n) is 1.39. The first kappa shape index (κ1) is 13.5. The van der Waals surface area contributed by atoms with E-state index in [1.807, 2.05) is 12.3 Å². The zero-order chi connectivity index (χ0) is 13.8. The number of amides is 1. The van der Waals surface area contributed by atoms with Crippen LogP contribution in [0.25, 0.3) is 0 Å². The van der Waals surface area contributed by atoms with E-state index in [0.29, 0.717) is 10.9 Å². The van der Waals surface area contributed by atoms with Gasteiger partial charge in [-0.05, 0) is 38.1 Å². The second-order valence-corrected chi connectivity index (χ2v) is 4.86. The second kappa shape index (κ2) is 5.79. The van der Waals surface area contributed by atoms with Gasteiger partial charge in [0.15, 0.2) is 11.2 Å². The van der Waals surface area contributed by atoms with Crippen LogP contribution in [-0.4, -0.2) is 17.0 Å². The number of benzene rings is 1. The third-order valence-electron chi connectivity index (χ3n) is 2.34. The van der Waals surface area contributed by atoms with Crippen molar-refractivity contribution in [1.29, 1.82) is 0 Å². The van der Waals surface area contributed by atoms with Crippen molar-refractivity contribution >= 4 is 22.4 Å². The van der Waals surface area contributed by atoms with Crippen LogP contribution < -0.4 is 10.1 Å². The topological polar surface area (TPSA) is 51.2 Å². The predicted octanol–water partition coefficient (Wildman–Crippen LogP) is 3.00. The van der Waals surface area contributed by atoms with Crippen LogP contribution in [0.5, 0.6) is 5.75 Å². The van der Waals surface area contributed by atoms with Gasteiger partial charge in [-0.1, -0.05) is 0 Å². The maximum absolute atomic E-state index is 12.7. The van der Waals surface area contributed by atoms with Crippen LogP contribution >= 0.6 is 11.3 Å². The van der Waals surface area contributed by atoms with Gasteiger partial charge in [-0.3, -0.25) is 10.1 Å². The van der Waals surface area contributed by atoms with Crippen molar-refractivity contribution < 1.29 is 13.9 Å². The quantitative estimate of drug-likeness (QED) is 0.936. The SMILES string of the molecule is Cc1csc(NC(=O)C(C)Oc2ccc(F)cc2)n1. The second-order valence-electron chi connectivity index (χ2n) is 4.00. The molecular weight excluding hydrogens is 267 g/mol. The van der Waals surface area contributed by atoms with Crippen LogP contribution in [0.1, 0.15) is 12.6 Å². The van der Waals surface area contributed by atoms with E-state index in [1.165, 1.54) is 35.6 Å². The molecule has 19 heavy (non-hydrogen) atoms. The van der Waals surface area contributed by atoms with Gasteiger partial charge in [0.25, 0.3) is 5.91 Å². The lowest BCUT2D eigenvalue weighted by Gasteiger charge is -2.13. The molecule has 4 nitrogen and oxygen atoms in total. The number of thiazole rings is 1. The van der Waals surface area contributed by atoms with Gasteiger partial charge in [0.05, 0.1) is 5.69 Å². The minimum atomic E-state index is -0.685. The summed E-state index contributed by atoms with van der Waals surface area (Å²) in [5.41, 5.74) is 0.854. The summed E-state index contributed by atoms with van der Waals surface area (Å²) in [7, 11) is 0. The Morgan fingerprint density at radius 3 is 2.68 bits per heavy atom. The van der Waals surface area contributed by atoms with Gasteiger partial charge in [0.2, 0.25) is 0 Å². The Morgan fingerprint density at radius 2 is 2.11 bits per heavy atom. The smallest absolute Gasteiger partial charge is 0.266 e. The summed E-state index contributed by atoms with van der Waals surface area (Å²) in [6.07, 6.45) is -0.685. The molecule has 1 atom stereocenters. The van der Waals surface area contributed by atoms with Gasteiger partial charge in [-0.25, -0.2) is 9.37 Å². The summed E-state index contributed by atoms with van der Waals surface area (Å²) in [6, 6.07) is 5.52. The Balaban J connectivity index is 1.94. The first-order valence-corrected chi connectivity index (χ1v) is 6.58. The Kier molecular flexibility index (Phi) is 4.11. The monoisotopic (exact) mass is 280 g/mol. The molecule has 0 aliphatic heterocycles. The minimum absolute atomic E-state index is 0.293. The average molecular weight is 280 g/mol. The molecule has 2 aromatic rings. The van der Waals surface area contributed by atoms with E-state index in [1.54, 1.807) is 6.92 Å². The predicted molar refractivity (Wildman–Crippen MR) is 72.0 cm³/mol. The molecule has 1 aromatic carbocycles. The molecule has 1 amide bonds. The third kappa shape index (κ3) is 3.75. The highest BCUT2D eigenvalue weighted by molar-refractivity contribution is 7.13. The number of rotatable bonds is 4. The number of hydrogen-bond donors (Lipinski definition) is 1. The molecule has 0 saturated heterocycles. The number of hydrogen-bond acceptors (Lipinski definition) is 4. The molecule has 1 heterocycles. The Hall–Kier alpha value is -1.95. The normalized spacial score (nSPS) is 11.9. The third-order valence-corrected chi connectivity index (χ3v) is 3.22. The van der Waals surface area contributed by atoms with E-state index in [4.69, 9.17) is 4.74 Å². The molecule has 1 unspecified atom stereocenters. The number of aryl methyl sites for hydroxylation is 1. The van der Waals surface area contributed by atoms with Crippen LogP contribution in [0.3, 0.4) is 0 Å². The molecule has 0 aliphatic rings. The van der Waals surface area contributed by atoms with Crippen molar-refractivity contribution in [3.05, 3.63) is 41.2 Å². The van der Waals surface area contributed by atoms with E-state index in [-0.39, 0.29) is 11.7 Å². The van der Waals surface area contributed by atoms with Crippen molar-refractivity contribution in [1.82, 2.24) is 4.98 Å². The minimum Gasteiger partial charge on any atom is -0.481 e. The van der Waals surface area contributed by atoms with E-state index in [0.717, 1.165) is 5.69 Å². The number of anilines is 1. The summed E-state index contributed by atoms with van der Waals surface area (Å²) >= 11 is 1.36. The van der Waals surface area contributed by atoms with Crippen molar-refractivity contribution in [2.75, 3.05) is 5.32 Å². The molecule has 0 fully saturated rings. The van der Waals surface area contributed by atoms with Gasteiger partial charge >= 0.3 is 0 Å². The molecule has 0 aliphatic carbocycles. The lowest BCUT2D eigenvalue weighted by Crippen LogP contribution is -2.30. The molecular formula is C13H13FN2O2S. The summed E-state index contributed by atoms with van der Waals surface area (Å²) in [6.45, 7) is 3.48. The number of aromatic nitrogens is 1. The lowest BCUT2D eigenvalue weighted by atomic mass is 10.3. The van der Waals surface area contributed by atoms with Gasteiger partial charge in [0.1, 0.15) is 11.6 Å². The van der Waals surface area contributed by atoms with E-state index >= 15 is 0 Å². The zero-order valence-corrected chi connectivity index (χ0v) is 11.3. The van der Waals surface area contributed by atoms with Crippen molar-refractivity contribution in [3.8, 4) is 5.75 Å². The first-order valence-electron chi connectivity index (χ1n) is 5.70. The van der Waals surface area contributed by atoms with E-state index < -0.39 is 6.10 Å². The van der Waals surface area contributed by atoms with Crippen molar-refractivity contribution in [2.24, 2.45) is 0 Å². The molecule has 100 valence electrons. The van der Waals surface area contributed by atoms with Crippen LogP contribution in [0.4, 0.5) is 9.52 Å². The Labute approximate surface area is 114 Å². The molecule has 6 heteroatoms. The fourth-order valence-corrected chi connectivity index (χ4v) is 2.08. The van der Waals surface area contributed by atoms with Gasteiger partial charge in [0, 0.05) is 5.38 Å². The average Bonchev–Trinajstić information content (AvgIpc) is 2.77. The van der Waals surface area contributed by atoms with Gasteiger partial charge < -0.3 is 4.74 Å². The number of nitrogens with zero attached hydrogens (tertiary/aromatic N) is 1. The van der Waals surface area contributed by atoms with Crippen LogP contribution in [0.15, 0.2) is 29.6 Å². The van der Waals surface area contributed by atoms with Crippen LogP contribution in [0.2, 0.25) is 0 Å². The highest BCUT2D eigenvalue weighted by atomic mass is 32.1. The largest absolute Gasteiger partial charge is 0.481 e. The van der Waals surface area contributed by atoms with Crippen LogP contribution in [0, 0.1) is 12.7 Å². The molecule has 2 rings (SSSR count). The molecule has 0 radical (unpaired) electrons. The number of halogens is 1. The van der Waals surface area contributed by atoms with E-state index in [2.05, 4.69) is 10.3 Å². The summed E-state index contributed by atoms with van der Waals surface area (Å²) < 4.78 is 18.1.